The number of ether oxygens (including phenoxy) is 2. The monoisotopic (exact) mass is 582 g/mol. The van der Waals surface area contributed by atoms with Gasteiger partial charge in [-0.2, -0.15) is 0 Å². The van der Waals surface area contributed by atoms with E-state index in [2.05, 4.69) is 11.8 Å². The predicted octanol–water partition coefficient (Wildman–Crippen LogP) is 4.55. The number of phenols is 1. The molecule has 0 atom stereocenters. The maximum absolute atomic E-state index is 13.3. The fraction of sp³-hybridized carbons (Fsp3) is 0.290. The van der Waals surface area contributed by atoms with Crippen molar-refractivity contribution in [1.29, 1.82) is 0 Å². The molecule has 0 bridgehead atoms. The van der Waals surface area contributed by atoms with Crippen molar-refractivity contribution >= 4 is 71.1 Å². The average Bonchev–Trinajstić information content (AvgIpc) is 2.91. The molecule has 0 aliphatic carbocycles. The van der Waals surface area contributed by atoms with E-state index in [1.54, 1.807) is 36.4 Å². The van der Waals surface area contributed by atoms with Gasteiger partial charge in [-0.15, -0.1) is 0 Å². The molecule has 0 aliphatic heterocycles. The summed E-state index contributed by atoms with van der Waals surface area (Å²) in [6.45, 7) is 2.64. The van der Waals surface area contributed by atoms with E-state index in [9.17, 15) is 19.1 Å². The molecule has 3 N–H and O–H groups in total. The number of halogens is 1. The molecule has 3 aromatic carbocycles. The van der Waals surface area contributed by atoms with Crippen molar-refractivity contribution in [1.82, 2.24) is 0 Å². The quantitative estimate of drug-likeness (QED) is 0.154. The Hall–Kier alpha value is -2.51. The molecule has 0 saturated heterocycles. The number of aromatic hydroxyl groups is 1. The first-order valence-corrected chi connectivity index (χ1v) is 12.7. The van der Waals surface area contributed by atoms with Crippen LogP contribution in [0.3, 0.4) is 0 Å². The molecule has 3 aromatic rings. The minimum absolute atomic E-state index is 0. The van der Waals surface area contributed by atoms with Gasteiger partial charge in [-0.3, -0.25) is 9.59 Å². The van der Waals surface area contributed by atoms with Crippen molar-refractivity contribution < 1.29 is 38.8 Å². The number of carboxylic acids is 2. The molecule has 0 spiro atoms. The minimum atomic E-state index is -0.923. The van der Waals surface area contributed by atoms with Crippen LogP contribution in [-0.2, 0) is 22.4 Å². The molecule has 0 heterocycles. The van der Waals surface area contributed by atoms with Gasteiger partial charge < -0.3 is 24.8 Å². The average molecular weight is 583 g/mol. The van der Waals surface area contributed by atoms with E-state index in [4.69, 9.17) is 19.7 Å². The Morgan fingerprint density at radius 2 is 1.51 bits per heavy atom. The Morgan fingerprint density at radius 3 is 2.15 bits per heavy atom. The van der Waals surface area contributed by atoms with Crippen molar-refractivity contribution in [3.05, 3.63) is 77.1 Å². The first kappa shape index (κ1) is 36.5. The van der Waals surface area contributed by atoms with Gasteiger partial charge in [0.2, 0.25) is 0 Å². The van der Waals surface area contributed by atoms with Gasteiger partial charge in [0, 0.05) is 36.5 Å². The van der Waals surface area contributed by atoms with Gasteiger partial charge in [-0.05, 0) is 65.9 Å². The topological polar surface area (TPSA) is 113 Å². The fourth-order valence-electron chi connectivity index (χ4n) is 3.88. The number of benzene rings is 3. The third kappa shape index (κ3) is 12.1. The third-order valence-corrected chi connectivity index (χ3v) is 5.88. The second-order valence-corrected chi connectivity index (χ2v) is 8.80. The van der Waals surface area contributed by atoms with Crippen LogP contribution in [0.1, 0.15) is 49.3 Å². The van der Waals surface area contributed by atoms with Crippen molar-refractivity contribution in [2.75, 3.05) is 13.2 Å². The molecular weight excluding hydrogens is 549 g/mol. The molecule has 7 nitrogen and oxygen atoms in total. The number of hydrogen-bond acceptors (Lipinski definition) is 5. The summed E-state index contributed by atoms with van der Waals surface area (Å²) in [5.41, 5.74) is 3.58. The van der Waals surface area contributed by atoms with Crippen LogP contribution in [-0.4, -0.2) is 99.6 Å². The van der Waals surface area contributed by atoms with Crippen LogP contribution in [0.25, 0.3) is 11.1 Å². The van der Waals surface area contributed by atoms with Crippen molar-refractivity contribution in [2.24, 2.45) is 0 Å². The molecule has 0 unspecified atom stereocenters. The SMILES string of the molecule is CCc1cc(-c2ccc(F)cc2)c(O)cc1OCCCOc1ccc(C#CCCC(=O)O)cc1CCC(=O)O.[NaH].[NaH]. The predicted molar refractivity (Wildman–Crippen MR) is 159 cm³/mol. The first-order chi connectivity index (χ1) is 18.8. The third-order valence-electron chi connectivity index (χ3n) is 5.88. The molecule has 0 amide bonds. The Balaban J connectivity index is 0.00000420. The van der Waals surface area contributed by atoms with E-state index in [1.165, 1.54) is 12.1 Å². The van der Waals surface area contributed by atoms with E-state index in [0.29, 0.717) is 59.8 Å². The molecule has 0 radical (unpaired) electrons. The van der Waals surface area contributed by atoms with E-state index >= 15 is 0 Å². The second kappa shape index (κ2) is 18.8. The zero-order chi connectivity index (χ0) is 28.2. The summed E-state index contributed by atoms with van der Waals surface area (Å²) in [6.07, 6.45) is 1.61. The van der Waals surface area contributed by atoms with Gasteiger partial charge in [0.15, 0.2) is 0 Å². The van der Waals surface area contributed by atoms with E-state index in [1.807, 2.05) is 13.0 Å². The maximum atomic E-state index is 13.3. The molecule has 0 fully saturated rings. The van der Waals surface area contributed by atoms with Crippen LogP contribution < -0.4 is 9.47 Å². The van der Waals surface area contributed by atoms with Crippen LogP contribution >= 0.6 is 0 Å². The summed E-state index contributed by atoms with van der Waals surface area (Å²) >= 11 is 0. The van der Waals surface area contributed by atoms with Crippen molar-refractivity contribution in [3.63, 3.8) is 0 Å². The summed E-state index contributed by atoms with van der Waals surface area (Å²) in [4.78, 5) is 21.7. The van der Waals surface area contributed by atoms with Gasteiger partial charge in [0.25, 0.3) is 0 Å². The molecule has 3 rings (SSSR count). The van der Waals surface area contributed by atoms with Gasteiger partial charge in [0.1, 0.15) is 23.1 Å². The number of carbonyl (C=O) groups is 2. The Bertz CT molecular complexity index is 1370. The zero-order valence-electron chi connectivity index (χ0n) is 21.7. The summed E-state index contributed by atoms with van der Waals surface area (Å²) in [6, 6.07) is 14.6. The number of aliphatic carboxylic acids is 2. The summed E-state index contributed by atoms with van der Waals surface area (Å²) in [5.74, 6) is 4.70. The molecule has 208 valence electrons. The van der Waals surface area contributed by atoms with Crippen molar-refractivity contribution in [2.45, 2.75) is 45.4 Å². The molecule has 10 heteroatoms. The molecule has 0 aliphatic rings. The number of rotatable bonds is 13. The van der Waals surface area contributed by atoms with Gasteiger partial charge in [0.05, 0.1) is 19.6 Å². The standard InChI is InChI=1S/C31H31FO7.2Na.2H/c1-2-22-19-26(23-9-12-25(32)13-10-23)27(33)20-29(22)39-17-5-16-38-28-14-8-21(6-3-4-7-30(34)35)18-24(28)11-15-31(36)37;;;;/h8-10,12-14,18-20,33H,2,4-5,7,11,15-17H2,1H3,(H,34,35)(H,36,37);;;;. The molecular formula is C31H33FNa2O7. The summed E-state index contributed by atoms with van der Waals surface area (Å²) in [5, 5.41) is 28.4. The van der Waals surface area contributed by atoms with E-state index in [-0.39, 0.29) is 96.4 Å². The van der Waals surface area contributed by atoms with E-state index in [0.717, 1.165) is 5.56 Å². The Morgan fingerprint density at radius 1 is 0.854 bits per heavy atom. The number of phenolic OH excluding ortho intramolecular Hbond substituents is 1. The number of hydrogen-bond donors (Lipinski definition) is 3. The van der Waals surface area contributed by atoms with Gasteiger partial charge >= 0.3 is 71.1 Å². The zero-order valence-corrected chi connectivity index (χ0v) is 21.7. The normalized spacial score (nSPS) is 9.90. The number of aryl methyl sites for hydroxylation is 2. The van der Waals surface area contributed by atoms with Crippen LogP contribution in [0.15, 0.2) is 54.6 Å². The van der Waals surface area contributed by atoms with Gasteiger partial charge in [-0.1, -0.05) is 30.9 Å². The molecule has 0 aromatic heterocycles. The first-order valence-electron chi connectivity index (χ1n) is 12.7. The van der Waals surface area contributed by atoms with Gasteiger partial charge in [-0.25, -0.2) is 4.39 Å². The van der Waals surface area contributed by atoms with E-state index < -0.39 is 11.9 Å². The van der Waals surface area contributed by atoms with Crippen LogP contribution in [0.5, 0.6) is 17.2 Å². The van der Waals surface area contributed by atoms with Crippen LogP contribution in [0.2, 0.25) is 0 Å². The van der Waals surface area contributed by atoms with Crippen LogP contribution in [0.4, 0.5) is 4.39 Å². The Kier molecular flexibility index (Phi) is 16.8. The molecule has 0 saturated carbocycles. The fourth-order valence-corrected chi connectivity index (χ4v) is 3.88. The Labute approximate surface area is 283 Å². The van der Waals surface area contributed by atoms with Crippen molar-refractivity contribution in [3.8, 4) is 40.2 Å². The molecule has 41 heavy (non-hydrogen) atoms. The number of carboxylic acid groups (broad SMARTS) is 2. The summed E-state index contributed by atoms with van der Waals surface area (Å²) in [7, 11) is 0. The van der Waals surface area contributed by atoms with Crippen LogP contribution in [0, 0.1) is 17.7 Å². The summed E-state index contributed by atoms with van der Waals surface area (Å²) < 4.78 is 25.1. The second-order valence-electron chi connectivity index (χ2n) is 8.80.